The van der Waals surface area contributed by atoms with Gasteiger partial charge in [-0.1, -0.05) is 43.6 Å². The van der Waals surface area contributed by atoms with E-state index in [-0.39, 0.29) is 0 Å². The van der Waals surface area contributed by atoms with Gasteiger partial charge in [-0.15, -0.1) is 0 Å². The summed E-state index contributed by atoms with van der Waals surface area (Å²) in [4.78, 5) is 8.58. The second kappa shape index (κ2) is 7.96. The van der Waals surface area contributed by atoms with Crippen molar-refractivity contribution in [1.29, 1.82) is 0 Å². The Bertz CT molecular complexity index is 558. The van der Waals surface area contributed by atoms with Gasteiger partial charge in [-0.05, 0) is 18.5 Å². The van der Waals surface area contributed by atoms with Crippen LogP contribution in [-0.4, -0.2) is 16.5 Å². The molecular weight excluding hydrogens is 286 g/mol. The average molecular weight is 306 g/mol. The molecule has 0 bridgehead atoms. The van der Waals surface area contributed by atoms with Crippen molar-refractivity contribution in [2.75, 3.05) is 6.54 Å². The molecule has 0 radical (unpaired) electrons. The average Bonchev–Trinajstić information content (AvgIpc) is 2.47. The van der Waals surface area contributed by atoms with E-state index in [4.69, 9.17) is 16.3 Å². The normalized spacial score (nSPS) is 10.9. The molecule has 1 N–H and O–H groups in total. The second-order valence-electron chi connectivity index (χ2n) is 5.25. The lowest BCUT2D eigenvalue weighted by Crippen LogP contribution is -2.19. The van der Waals surface area contributed by atoms with E-state index < -0.39 is 0 Å². The van der Waals surface area contributed by atoms with Crippen LogP contribution >= 0.6 is 11.6 Å². The van der Waals surface area contributed by atoms with Crippen LogP contribution in [0.25, 0.3) is 0 Å². The van der Waals surface area contributed by atoms with Crippen LogP contribution < -0.4 is 10.1 Å². The number of ether oxygens (including phenoxy) is 1. The number of halogens is 1. The Kier molecular flexibility index (Phi) is 5.96. The number of nitrogens with zero attached hydrogens (tertiary/aromatic N) is 2. The molecule has 0 saturated carbocycles. The molecule has 2 aromatic rings. The SMILES string of the molecule is CC(C)CNCc1cnc(OCc2ccccc2Cl)cn1. The molecule has 0 spiro atoms. The molecule has 1 aromatic heterocycles. The molecule has 0 aliphatic carbocycles. The number of hydrogen-bond donors (Lipinski definition) is 1. The molecule has 0 unspecified atom stereocenters. The van der Waals surface area contributed by atoms with Gasteiger partial charge >= 0.3 is 0 Å². The van der Waals surface area contributed by atoms with Crippen LogP contribution in [-0.2, 0) is 13.2 Å². The third kappa shape index (κ3) is 5.33. The first kappa shape index (κ1) is 15.7. The highest BCUT2D eigenvalue weighted by Crippen LogP contribution is 2.16. The van der Waals surface area contributed by atoms with E-state index in [2.05, 4.69) is 29.1 Å². The van der Waals surface area contributed by atoms with Gasteiger partial charge in [0, 0.05) is 17.1 Å². The number of nitrogens with one attached hydrogen (secondary N) is 1. The first-order chi connectivity index (χ1) is 10.1. The van der Waals surface area contributed by atoms with Crippen molar-refractivity contribution in [3.05, 3.63) is 52.9 Å². The van der Waals surface area contributed by atoms with E-state index in [1.807, 2.05) is 24.3 Å². The lowest BCUT2D eigenvalue weighted by molar-refractivity contribution is 0.292. The number of hydrogen-bond acceptors (Lipinski definition) is 4. The fourth-order valence-electron chi connectivity index (χ4n) is 1.76. The number of rotatable bonds is 7. The van der Waals surface area contributed by atoms with Crippen molar-refractivity contribution in [2.24, 2.45) is 5.92 Å². The van der Waals surface area contributed by atoms with E-state index in [9.17, 15) is 0 Å². The monoisotopic (exact) mass is 305 g/mol. The quantitative estimate of drug-likeness (QED) is 0.851. The maximum Gasteiger partial charge on any atom is 0.232 e. The van der Waals surface area contributed by atoms with Crippen LogP contribution in [0.15, 0.2) is 36.7 Å². The molecule has 112 valence electrons. The van der Waals surface area contributed by atoms with Crippen LogP contribution in [0.3, 0.4) is 0 Å². The summed E-state index contributed by atoms with van der Waals surface area (Å²) in [6, 6.07) is 7.60. The highest BCUT2D eigenvalue weighted by atomic mass is 35.5. The summed E-state index contributed by atoms with van der Waals surface area (Å²) >= 11 is 6.07. The standard InChI is InChI=1S/C16H20ClN3O/c1-12(2)7-18-8-14-9-20-16(10-19-14)21-11-13-5-3-4-6-15(13)17/h3-6,9-10,12,18H,7-8,11H2,1-2H3. The van der Waals surface area contributed by atoms with E-state index in [1.165, 1.54) is 0 Å². The molecule has 0 aliphatic heterocycles. The second-order valence-corrected chi connectivity index (χ2v) is 5.66. The van der Waals surface area contributed by atoms with Gasteiger partial charge in [0.2, 0.25) is 5.88 Å². The summed E-state index contributed by atoms with van der Waals surface area (Å²) < 4.78 is 5.59. The fraction of sp³-hybridized carbons (Fsp3) is 0.375. The van der Waals surface area contributed by atoms with Gasteiger partial charge in [0.25, 0.3) is 0 Å². The molecular formula is C16H20ClN3O. The number of aromatic nitrogens is 2. The molecule has 21 heavy (non-hydrogen) atoms. The van der Waals surface area contributed by atoms with Gasteiger partial charge < -0.3 is 10.1 Å². The predicted molar refractivity (Wildman–Crippen MR) is 84.4 cm³/mol. The van der Waals surface area contributed by atoms with Gasteiger partial charge in [-0.3, -0.25) is 4.98 Å². The summed E-state index contributed by atoms with van der Waals surface area (Å²) in [5.74, 6) is 1.12. The highest BCUT2D eigenvalue weighted by Gasteiger charge is 2.02. The Morgan fingerprint density at radius 1 is 1.19 bits per heavy atom. The summed E-state index contributed by atoms with van der Waals surface area (Å²) in [5.41, 5.74) is 1.84. The van der Waals surface area contributed by atoms with Crippen LogP contribution in [0.4, 0.5) is 0 Å². The van der Waals surface area contributed by atoms with Crippen molar-refractivity contribution in [3.8, 4) is 5.88 Å². The largest absolute Gasteiger partial charge is 0.472 e. The molecule has 1 aromatic carbocycles. The molecule has 0 aliphatic rings. The lowest BCUT2D eigenvalue weighted by atomic mass is 10.2. The molecule has 0 fully saturated rings. The minimum absolute atomic E-state index is 0.388. The van der Waals surface area contributed by atoms with E-state index in [0.717, 1.165) is 24.3 Å². The zero-order valence-corrected chi connectivity index (χ0v) is 13.1. The Hall–Kier alpha value is -1.65. The van der Waals surface area contributed by atoms with Crippen LogP contribution in [0.1, 0.15) is 25.1 Å². The van der Waals surface area contributed by atoms with Gasteiger partial charge in [0.15, 0.2) is 0 Å². The summed E-state index contributed by atoms with van der Waals surface area (Å²) in [5, 5.41) is 4.02. The van der Waals surface area contributed by atoms with Crippen molar-refractivity contribution in [1.82, 2.24) is 15.3 Å². The van der Waals surface area contributed by atoms with Gasteiger partial charge in [-0.2, -0.15) is 0 Å². The van der Waals surface area contributed by atoms with E-state index in [0.29, 0.717) is 23.4 Å². The van der Waals surface area contributed by atoms with Crippen molar-refractivity contribution in [2.45, 2.75) is 27.0 Å². The fourth-order valence-corrected chi connectivity index (χ4v) is 1.96. The zero-order valence-electron chi connectivity index (χ0n) is 12.3. The van der Waals surface area contributed by atoms with Gasteiger partial charge in [0.05, 0.1) is 18.1 Å². The maximum absolute atomic E-state index is 6.07. The highest BCUT2D eigenvalue weighted by molar-refractivity contribution is 6.31. The van der Waals surface area contributed by atoms with Crippen LogP contribution in [0.2, 0.25) is 5.02 Å². The molecule has 4 nitrogen and oxygen atoms in total. The van der Waals surface area contributed by atoms with Crippen molar-refractivity contribution in [3.63, 3.8) is 0 Å². The molecule has 2 rings (SSSR count). The summed E-state index contributed by atoms with van der Waals surface area (Å²) in [6.07, 6.45) is 3.37. The zero-order chi connectivity index (χ0) is 15.1. The molecule has 0 atom stereocenters. The first-order valence-corrected chi connectivity index (χ1v) is 7.41. The van der Waals surface area contributed by atoms with Gasteiger partial charge in [-0.25, -0.2) is 4.98 Å². The van der Waals surface area contributed by atoms with Crippen LogP contribution in [0, 0.1) is 5.92 Å². The predicted octanol–water partition coefficient (Wildman–Crippen LogP) is 3.45. The Morgan fingerprint density at radius 2 is 2.00 bits per heavy atom. The van der Waals surface area contributed by atoms with Crippen molar-refractivity contribution < 1.29 is 4.74 Å². The number of benzene rings is 1. The van der Waals surface area contributed by atoms with Crippen LogP contribution in [0.5, 0.6) is 5.88 Å². The Morgan fingerprint density at radius 3 is 2.67 bits per heavy atom. The smallest absolute Gasteiger partial charge is 0.232 e. The minimum atomic E-state index is 0.388. The molecule has 0 amide bonds. The Balaban J connectivity index is 1.84. The summed E-state index contributed by atoms with van der Waals surface area (Å²) in [7, 11) is 0. The topological polar surface area (TPSA) is 47.0 Å². The molecule has 0 saturated heterocycles. The van der Waals surface area contributed by atoms with E-state index >= 15 is 0 Å². The maximum atomic E-state index is 6.07. The Labute approximate surface area is 130 Å². The summed E-state index contributed by atoms with van der Waals surface area (Å²) in [6.45, 7) is 6.41. The third-order valence-electron chi connectivity index (χ3n) is 2.87. The van der Waals surface area contributed by atoms with E-state index in [1.54, 1.807) is 12.4 Å². The molecule has 5 heteroatoms. The third-order valence-corrected chi connectivity index (χ3v) is 3.24. The lowest BCUT2D eigenvalue weighted by Gasteiger charge is -2.08. The minimum Gasteiger partial charge on any atom is -0.472 e. The van der Waals surface area contributed by atoms with Crippen molar-refractivity contribution >= 4 is 11.6 Å². The van der Waals surface area contributed by atoms with Gasteiger partial charge in [0.1, 0.15) is 6.61 Å². The first-order valence-electron chi connectivity index (χ1n) is 7.03. The molecule has 1 heterocycles.